The molecule has 0 aliphatic heterocycles. The summed E-state index contributed by atoms with van der Waals surface area (Å²) in [6.45, 7) is 12.1. The van der Waals surface area contributed by atoms with Crippen LogP contribution in [-0.4, -0.2) is 11.9 Å². The van der Waals surface area contributed by atoms with Crippen LogP contribution in [0.4, 0.5) is 0 Å². The fourth-order valence-corrected chi connectivity index (χ4v) is 4.02. The van der Waals surface area contributed by atoms with Gasteiger partial charge in [-0.05, 0) is 0 Å². The number of hydrogen-bond donors (Lipinski definition) is 0. The number of hydrogen-bond acceptors (Lipinski definition) is 4. The molecule has 1 aromatic rings. The molecule has 108 valence electrons. The Morgan fingerprint density at radius 2 is 1.35 bits per heavy atom. The van der Waals surface area contributed by atoms with Crippen molar-refractivity contribution in [2.45, 2.75) is 20.8 Å². The quantitative estimate of drug-likeness (QED) is 0.570. The third kappa shape index (κ3) is 4.80. The van der Waals surface area contributed by atoms with E-state index in [2.05, 4.69) is 13.2 Å². The molecule has 0 aliphatic carbocycles. The third-order valence-corrected chi connectivity index (χ3v) is 5.50. The monoisotopic (exact) mass is 388 g/mol. The van der Waals surface area contributed by atoms with Gasteiger partial charge >= 0.3 is 127 Å². The number of carbonyl (C=O) groups is 2. The van der Waals surface area contributed by atoms with E-state index in [1.165, 1.54) is 0 Å². The number of carbonyl (C=O) groups excluding carboxylic acids is 2. The number of rotatable bonds is 5. The van der Waals surface area contributed by atoms with Gasteiger partial charge in [0.05, 0.1) is 0 Å². The van der Waals surface area contributed by atoms with E-state index in [0.717, 1.165) is 9.13 Å². The van der Waals surface area contributed by atoms with Crippen LogP contribution in [0.5, 0.6) is 0 Å². The number of halogens is 1. The fraction of sp³-hybridized carbons (Fsp3) is 0.200. The predicted molar refractivity (Wildman–Crippen MR) is 85.7 cm³/mol. The van der Waals surface area contributed by atoms with Gasteiger partial charge in [0.2, 0.25) is 0 Å². The summed E-state index contributed by atoms with van der Waals surface area (Å²) in [5, 5.41) is 0. The molecule has 0 heterocycles. The molecular weight excluding hydrogens is 371 g/mol. The van der Waals surface area contributed by atoms with E-state index in [9.17, 15) is 9.59 Å². The van der Waals surface area contributed by atoms with Gasteiger partial charge in [-0.1, -0.05) is 0 Å². The van der Waals surface area contributed by atoms with Gasteiger partial charge in [0, 0.05) is 0 Å². The van der Waals surface area contributed by atoms with Crippen molar-refractivity contribution >= 4 is 32.6 Å². The summed E-state index contributed by atoms with van der Waals surface area (Å²) < 4.78 is 11.3. The number of benzene rings is 1. The van der Waals surface area contributed by atoms with Gasteiger partial charge in [-0.15, -0.1) is 0 Å². The summed E-state index contributed by atoms with van der Waals surface area (Å²) in [6, 6.07) is 7.36. The van der Waals surface area contributed by atoms with E-state index in [1.807, 2.05) is 19.1 Å². The summed E-state index contributed by atoms with van der Waals surface area (Å²) in [7, 11) is 0. The van der Waals surface area contributed by atoms with Crippen LogP contribution < -0.4 is 0 Å². The molecule has 0 saturated heterocycles. The van der Waals surface area contributed by atoms with Gasteiger partial charge in [-0.25, -0.2) is 0 Å². The summed E-state index contributed by atoms with van der Waals surface area (Å²) in [5.74, 6) is -1.10. The predicted octanol–water partition coefficient (Wildman–Crippen LogP) is 3.74. The molecule has 0 fully saturated rings. The Hall–Kier alpha value is -1.63. The van der Waals surface area contributed by atoms with Crippen LogP contribution in [0, 0.1) is 10.5 Å². The van der Waals surface area contributed by atoms with Gasteiger partial charge in [-0.3, -0.25) is 0 Å². The molecule has 0 unspecified atom stereocenters. The third-order valence-electron chi connectivity index (χ3n) is 2.17. The first-order valence-electron chi connectivity index (χ1n) is 5.84. The zero-order valence-electron chi connectivity index (χ0n) is 11.7. The molecule has 0 atom stereocenters. The molecule has 1 rings (SSSR count). The molecule has 0 spiro atoms. The van der Waals surface area contributed by atoms with Crippen molar-refractivity contribution in [3.05, 3.63) is 57.7 Å². The maximum absolute atomic E-state index is 11.6. The Morgan fingerprint density at radius 3 is 1.70 bits per heavy atom. The molecule has 0 aromatic heterocycles. The standard InChI is InChI=1S/C15H17IO4/c1-10(2)14(17)19-16(20-15(18)11(3)4)13-8-6-12(5)7-9-13/h6-9H,1,3H2,2,4-5H3. The van der Waals surface area contributed by atoms with E-state index < -0.39 is 32.6 Å². The summed E-state index contributed by atoms with van der Waals surface area (Å²) in [4.78, 5) is 23.3. The second-order valence-electron chi connectivity index (χ2n) is 4.30. The van der Waals surface area contributed by atoms with E-state index in [0.29, 0.717) is 0 Å². The van der Waals surface area contributed by atoms with Gasteiger partial charge in [-0.2, -0.15) is 0 Å². The van der Waals surface area contributed by atoms with Crippen molar-refractivity contribution in [1.82, 2.24) is 0 Å². The SMILES string of the molecule is C=C(C)C(=O)OI(OC(=O)C(=C)C)c1ccc(C)cc1. The topological polar surface area (TPSA) is 52.6 Å². The van der Waals surface area contributed by atoms with Gasteiger partial charge < -0.3 is 0 Å². The molecular formula is C15H17IO4. The van der Waals surface area contributed by atoms with E-state index in [-0.39, 0.29) is 11.1 Å². The molecule has 0 amide bonds. The Labute approximate surface area is 126 Å². The average molecular weight is 388 g/mol. The summed E-state index contributed by atoms with van der Waals surface area (Å²) >= 11 is -2.86. The fourth-order valence-electron chi connectivity index (χ4n) is 1.000. The minimum absolute atomic E-state index is 0.269. The van der Waals surface area contributed by atoms with E-state index >= 15 is 0 Å². The molecule has 0 saturated carbocycles. The molecule has 5 heteroatoms. The van der Waals surface area contributed by atoms with Crippen molar-refractivity contribution < 1.29 is 15.7 Å². The zero-order chi connectivity index (χ0) is 15.3. The Bertz CT molecular complexity index is 517. The molecule has 0 aliphatic rings. The van der Waals surface area contributed by atoms with Crippen LogP contribution in [0.15, 0.2) is 48.6 Å². The Morgan fingerprint density at radius 1 is 0.950 bits per heavy atom. The van der Waals surface area contributed by atoms with Gasteiger partial charge in [0.15, 0.2) is 0 Å². The van der Waals surface area contributed by atoms with Crippen LogP contribution in [0.1, 0.15) is 19.4 Å². The van der Waals surface area contributed by atoms with E-state index in [1.54, 1.807) is 26.0 Å². The second-order valence-corrected chi connectivity index (χ2v) is 7.67. The van der Waals surface area contributed by atoms with Crippen molar-refractivity contribution in [2.24, 2.45) is 0 Å². The van der Waals surface area contributed by atoms with Crippen molar-refractivity contribution in [2.75, 3.05) is 0 Å². The Balaban J connectivity index is 2.97. The molecule has 1 aromatic carbocycles. The molecule has 0 N–H and O–H groups in total. The number of aryl methyl sites for hydroxylation is 1. The van der Waals surface area contributed by atoms with Gasteiger partial charge in [0.25, 0.3) is 0 Å². The van der Waals surface area contributed by atoms with Crippen LogP contribution in [0.2, 0.25) is 0 Å². The first-order valence-corrected chi connectivity index (χ1v) is 8.68. The van der Waals surface area contributed by atoms with Crippen LogP contribution in [0.3, 0.4) is 0 Å². The van der Waals surface area contributed by atoms with Crippen molar-refractivity contribution in [3.63, 3.8) is 0 Å². The van der Waals surface area contributed by atoms with Crippen molar-refractivity contribution in [1.29, 1.82) is 0 Å². The molecule has 4 nitrogen and oxygen atoms in total. The van der Waals surface area contributed by atoms with Crippen molar-refractivity contribution in [3.8, 4) is 0 Å². The zero-order valence-corrected chi connectivity index (χ0v) is 13.9. The first kappa shape index (κ1) is 16.4. The van der Waals surface area contributed by atoms with E-state index in [4.69, 9.17) is 6.13 Å². The normalized spacial score (nSPS) is 10.4. The minimum atomic E-state index is -2.86. The van der Waals surface area contributed by atoms with Crippen LogP contribution >= 0.6 is 20.6 Å². The molecule has 20 heavy (non-hydrogen) atoms. The summed E-state index contributed by atoms with van der Waals surface area (Å²) in [5.41, 5.74) is 1.61. The molecule has 0 bridgehead atoms. The second kappa shape index (κ2) is 7.23. The molecule has 0 radical (unpaired) electrons. The first-order chi connectivity index (χ1) is 9.31. The maximum atomic E-state index is 11.6. The van der Waals surface area contributed by atoms with Crippen LogP contribution in [0.25, 0.3) is 0 Å². The Kier molecular flexibility index (Phi) is 5.94. The average Bonchev–Trinajstić information content (AvgIpc) is 2.38. The summed E-state index contributed by atoms with van der Waals surface area (Å²) in [6.07, 6.45) is 0. The van der Waals surface area contributed by atoms with Crippen LogP contribution in [-0.2, 0) is 15.7 Å². The van der Waals surface area contributed by atoms with Gasteiger partial charge in [0.1, 0.15) is 0 Å².